The van der Waals surface area contributed by atoms with Crippen molar-refractivity contribution in [2.75, 3.05) is 28.4 Å². The van der Waals surface area contributed by atoms with Crippen LogP contribution in [0.3, 0.4) is 0 Å². The number of pyridine rings is 1. The molecular weight excluding hydrogens is 464 g/mol. The van der Waals surface area contributed by atoms with E-state index in [1.165, 1.54) is 11.3 Å². The molecule has 0 saturated carbocycles. The number of aromatic nitrogens is 2. The molecule has 8 nitrogen and oxygen atoms in total. The molecule has 4 rings (SSSR count). The normalized spacial score (nSPS) is 11.9. The minimum atomic E-state index is 0.666. The second-order valence-corrected chi connectivity index (χ2v) is 8.19. The van der Waals surface area contributed by atoms with Gasteiger partial charge in [0.25, 0.3) is 0 Å². The molecule has 2 heterocycles. The van der Waals surface area contributed by atoms with Crippen LogP contribution in [-0.4, -0.2) is 43.8 Å². The summed E-state index contributed by atoms with van der Waals surface area (Å²) in [6.45, 7) is 1.92. The minimum absolute atomic E-state index is 0.666. The van der Waals surface area contributed by atoms with E-state index in [2.05, 4.69) is 4.98 Å². The van der Waals surface area contributed by atoms with Gasteiger partial charge in [-0.3, -0.25) is 4.98 Å². The molecule has 180 valence electrons. The highest BCUT2D eigenvalue weighted by molar-refractivity contribution is 7.07. The molecule has 0 N–H and O–H groups in total. The fourth-order valence-electron chi connectivity index (χ4n) is 3.50. The maximum absolute atomic E-state index is 5.65. The van der Waals surface area contributed by atoms with Crippen molar-refractivity contribution in [3.8, 4) is 34.3 Å². The summed E-state index contributed by atoms with van der Waals surface area (Å²) >= 11 is 1.46. The van der Waals surface area contributed by atoms with Gasteiger partial charge in [0, 0.05) is 22.7 Å². The summed E-state index contributed by atoms with van der Waals surface area (Å²) in [5.41, 5.74) is 3.87. The van der Waals surface area contributed by atoms with Gasteiger partial charge in [0.1, 0.15) is 23.0 Å². The van der Waals surface area contributed by atoms with E-state index in [0.29, 0.717) is 27.8 Å². The molecule has 0 saturated heterocycles. The van der Waals surface area contributed by atoms with Crippen molar-refractivity contribution in [1.29, 1.82) is 0 Å². The minimum Gasteiger partial charge on any atom is -0.497 e. The summed E-state index contributed by atoms with van der Waals surface area (Å²) in [7, 11) is 6.53. The Morgan fingerprint density at radius 1 is 0.886 bits per heavy atom. The maximum atomic E-state index is 5.65. The molecule has 0 unspecified atom stereocenters. The number of hydrogen-bond acceptors (Lipinski definition) is 8. The number of hydrogen-bond donors (Lipinski definition) is 0. The quantitative estimate of drug-likeness (QED) is 0.319. The van der Waals surface area contributed by atoms with Crippen LogP contribution in [0.25, 0.3) is 11.3 Å². The predicted molar refractivity (Wildman–Crippen MR) is 137 cm³/mol. The fraction of sp³-hybridized carbons (Fsp3) is 0.192. The molecule has 0 atom stereocenters. The smallest absolute Gasteiger partial charge is 0.211 e. The molecule has 0 aliphatic rings. The van der Waals surface area contributed by atoms with Crippen molar-refractivity contribution in [1.82, 2.24) is 9.66 Å². The van der Waals surface area contributed by atoms with Gasteiger partial charge in [0.15, 0.2) is 0 Å². The van der Waals surface area contributed by atoms with E-state index in [4.69, 9.17) is 29.0 Å². The first kappa shape index (κ1) is 24.0. The highest BCUT2D eigenvalue weighted by atomic mass is 32.1. The van der Waals surface area contributed by atoms with Gasteiger partial charge in [0.2, 0.25) is 4.80 Å². The summed E-state index contributed by atoms with van der Waals surface area (Å²) in [5, 5.41) is 6.97. The summed E-state index contributed by atoms with van der Waals surface area (Å²) in [4.78, 5) is 9.63. The zero-order valence-corrected chi connectivity index (χ0v) is 21.0. The summed E-state index contributed by atoms with van der Waals surface area (Å²) in [6, 6.07) is 15.0. The Kier molecular flexibility index (Phi) is 7.47. The van der Waals surface area contributed by atoms with E-state index in [9.17, 15) is 0 Å². The topological polar surface area (TPSA) is 79.5 Å². The predicted octanol–water partition coefficient (Wildman–Crippen LogP) is 5.15. The molecule has 4 aromatic rings. The van der Waals surface area contributed by atoms with Crippen molar-refractivity contribution in [2.45, 2.75) is 6.92 Å². The molecule has 0 fully saturated rings. The van der Waals surface area contributed by atoms with Crippen LogP contribution in [0, 0.1) is 0 Å². The summed E-state index contributed by atoms with van der Waals surface area (Å²) in [5.74, 6) is 2.80. The largest absolute Gasteiger partial charge is 0.497 e. The van der Waals surface area contributed by atoms with Crippen molar-refractivity contribution in [2.24, 2.45) is 10.1 Å². The fourth-order valence-corrected chi connectivity index (χ4v) is 4.35. The van der Waals surface area contributed by atoms with Crippen LogP contribution < -0.4 is 23.7 Å². The molecule has 0 spiro atoms. The highest BCUT2D eigenvalue weighted by Gasteiger charge is 2.16. The Morgan fingerprint density at radius 2 is 1.60 bits per heavy atom. The first-order valence-electron chi connectivity index (χ1n) is 10.7. The van der Waals surface area contributed by atoms with Crippen LogP contribution in [0.5, 0.6) is 23.0 Å². The lowest BCUT2D eigenvalue weighted by Crippen LogP contribution is -2.14. The number of thiazole rings is 1. The van der Waals surface area contributed by atoms with Gasteiger partial charge in [-0.1, -0.05) is 0 Å². The molecule has 0 aliphatic carbocycles. The molecule has 35 heavy (non-hydrogen) atoms. The van der Waals surface area contributed by atoms with Gasteiger partial charge < -0.3 is 18.9 Å². The zero-order valence-electron chi connectivity index (χ0n) is 20.2. The van der Waals surface area contributed by atoms with E-state index in [1.54, 1.807) is 45.5 Å². The average Bonchev–Trinajstić information content (AvgIpc) is 3.29. The maximum Gasteiger partial charge on any atom is 0.211 e. The van der Waals surface area contributed by atoms with E-state index in [-0.39, 0.29) is 0 Å². The van der Waals surface area contributed by atoms with E-state index < -0.39 is 0 Å². The molecule has 0 aliphatic heterocycles. The van der Waals surface area contributed by atoms with Crippen LogP contribution in [0.15, 0.2) is 76.4 Å². The Labute approximate surface area is 207 Å². The second-order valence-electron chi connectivity index (χ2n) is 7.36. The third kappa shape index (κ3) is 5.20. The Morgan fingerprint density at radius 3 is 2.26 bits per heavy atom. The third-order valence-corrected chi connectivity index (χ3v) is 6.10. The first-order valence-corrected chi connectivity index (χ1v) is 11.6. The highest BCUT2D eigenvalue weighted by Crippen LogP contribution is 2.34. The van der Waals surface area contributed by atoms with Gasteiger partial charge in [0.05, 0.1) is 51.7 Å². The van der Waals surface area contributed by atoms with Crippen molar-refractivity contribution in [3.63, 3.8) is 0 Å². The zero-order chi connectivity index (χ0) is 24.8. The lowest BCUT2D eigenvalue weighted by atomic mass is 10.1. The SMILES string of the molecule is COc1ccc(OC)c(C(C)=Nn2c(-c3cc(OC)ccc3OC)csc2=Nc2cccnc2)c1. The molecule has 2 aromatic heterocycles. The van der Waals surface area contributed by atoms with Gasteiger partial charge in [-0.2, -0.15) is 5.10 Å². The van der Waals surface area contributed by atoms with Crippen LogP contribution in [0.4, 0.5) is 5.69 Å². The molecule has 9 heteroatoms. The number of nitrogens with zero attached hydrogens (tertiary/aromatic N) is 4. The van der Waals surface area contributed by atoms with Gasteiger partial charge in [-0.15, -0.1) is 11.3 Å². The Bertz CT molecular complexity index is 1410. The van der Waals surface area contributed by atoms with E-state index in [0.717, 1.165) is 28.2 Å². The van der Waals surface area contributed by atoms with Gasteiger partial charge in [-0.05, 0) is 55.5 Å². The van der Waals surface area contributed by atoms with Crippen LogP contribution >= 0.6 is 11.3 Å². The van der Waals surface area contributed by atoms with E-state index in [1.807, 2.05) is 60.8 Å². The second kappa shape index (κ2) is 10.9. The lowest BCUT2D eigenvalue weighted by molar-refractivity contribution is 0.402. The van der Waals surface area contributed by atoms with Crippen molar-refractivity contribution in [3.05, 3.63) is 76.7 Å². The van der Waals surface area contributed by atoms with Crippen molar-refractivity contribution < 1.29 is 18.9 Å². The first-order chi connectivity index (χ1) is 17.1. The number of methoxy groups -OCH3 is 4. The molecular formula is C26H26N4O4S. The lowest BCUT2D eigenvalue weighted by Gasteiger charge is -2.13. The number of rotatable bonds is 8. The third-order valence-electron chi connectivity index (χ3n) is 5.29. The van der Waals surface area contributed by atoms with Gasteiger partial charge >= 0.3 is 0 Å². The average molecular weight is 491 g/mol. The van der Waals surface area contributed by atoms with Crippen LogP contribution in [-0.2, 0) is 0 Å². The Hall–Kier alpha value is -4.11. The molecule has 0 bridgehead atoms. The van der Waals surface area contributed by atoms with Crippen molar-refractivity contribution >= 4 is 22.7 Å². The van der Waals surface area contributed by atoms with Crippen LogP contribution in [0.1, 0.15) is 12.5 Å². The summed E-state index contributed by atoms with van der Waals surface area (Å²) in [6.07, 6.45) is 3.42. The summed E-state index contributed by atoms with van der Waals surface area (Å²) < 4.78 is 23.9. The molecule has 0 amide bonds. The monoisotopic (exact) mass is 490 g/mol. The number of benzene rings is 2. The van der Waals surface area contributed by atoms with Crippen LogP contribution in [0.2, 0.25) is 0 Å². The molecule has 0 radical (unpaired) electrons. The molecule has 2 aromatic carbocycles. The van der Waals surface area contributed by atoms with Gasteiger partial charge in [-0.25, -0.2) is 9.67 Å². The Balaban J connectivity index is 1.97. The number of ether oxygens (including phenoxy) is 4. The standard InChI is InChI=1S/C26H26N4O4S/c1-17(21-13-19(31-2)8-10-24(21)33-4)29-30-23(22-14-20(32-3)9-11-25(22)34-5)16-35-26(30)28-18-7-6-12-27-15-18/h6-16H,1-5H3. The van der Waals surface area contributed by atoms with E-state index >= 15 is 0 Å².